The summed E-state index contributed by atoms with van der Waals surface area (Å²) in [6.07, 6.45) is 0.835. The van der Waals surface area contributed by atoms with Gasteiger partial charge in [0.1, 0.15) is 0 Å². The number of amides is 1. The second-order valence-electron chi connectivity index (χ2n) is 4.39. The highest BCUT2D eigenvalue weighted by Crippen LogP contribution is 2.17. The Morgan fingerprint density at radius 1 is 1.32 bits per heavy atom. The molecule has 4 heteroatoms. The smallest absolute Gasteiger partial charge is 0.253 e. The number of carbonyl (C=O) groups excluding carboxylic acids is 1. The Morgan fingerprint density at radius 3 is 2.79 bits per heavy atom. The van der Waals surface area contributed by atoms with E-state index in [-0.39, 0.29) is 5.91 Å². The first-order valence-electron chi connectivity index (χ1n) is 6.89. The van der Waals surface area contributed by atoms with E-state index < -0.39 is 0 Å². The summed E-state index contributed by atoms with van der Waals surface area (Å²) >= 11 is 0. The number of carbonyl (C=O) groups is 1. The number of hydrogen-bond donors (Lipinski definition) is 2. The van der Waals surface area contributed by atoms with Crippen LogP contribution < -0.4 is 10.6 Å². The number of benzene rings is 1. The third kappa shape index (κ3) is 5.30. The standard InChI is InChI=1S/C15H24N2O2/c1-4-16-14-8-7-12(3)11-13(14)15(18)17-9-6-10-19-5-2/h7-8,11,16H,4-6,9-10H2,1-3H3,(H,17,18). The van der Waals surface area contributed by atoms with E-state index in [1.807, 2.05) is 39.0 Å². The van der Waals surface area contributed by atoms with Crippen molar-refractivity contribution in [2.24, 2.45) is 0 Å². The zero-order valence-electron chi connectivity index (χ0n) is 12.1. The van der Waals surface area contributed by atoms with Crippen molar-refractivity contribution in [2.75, 3.05) is 31.6 Å². The highest BCUT2D eigenvalue weighted by Gasteiger charge is 2.10. The molecule has 0 spiro atoms. The summed E-state index contributed by atoms with van der Waals surface area (Å²) in [4.78, 5) is 12.1. The zero-order valence-corrected chi connectivity index (χ0v) is 12.1. The summed E-state index contributed by atoms with van der Waals surface area (Å²) in [5.74, 6) is -0.0313. The molecular weight excluding hydrogens is 240 g/mol. The molecule has 0 radical (unpaired) electrons. The molecule has 106 valence electrons. The fraction of sp³-hybridized carbons (Fsp3) is 0.533. The van der Waals surface area contributed by atoms with Crippen molar-refractivity contribution >= 4 is 11.6 Å². The van der Waals surface area contributed by atoms with Crippen LogP contribution in [0.2, 0.25) is 0 Å². The van der Waals surface area contributed by atoms with Gasteiger partial charge in [-0.15, -0.1) is 0 Å². The van der Waals surface area contributed by atoms with Gasteiger partial charge in [-0.3, -0.25) is 4.79 Å². The highest BCUT2D eigenvalue weighted by atomic mass is 16.5. The molecule has 1 rings (SSSR count). The maximum atomic E-state index is 12.1. The third-order valence-corrected chi connectivity index (χ3v) is 2.74. The Balaban J connectivity index is 2.57. The Bertz CT molecular complexity index is 405. The molecule has 0 bridgehead atoms. The summed E-state index contributed by atoms with van der Waals surface area (Å²) < 4.78 is 5.24. The van der Waals surface area contributed by atoms with Crippen LogP contribution in [-0.4, -0.2) is 32.2 Å². The van der Waals surface area contributed by atoms with Crippen molar-refractivity contribution in [1.29, 1.82) is 0 Å². The number of aryl methyl sites for hydroxylation is 1. The fourth-order valence-corrected chi connectivity index (χ4v) is 1.81. The average Bonchev–Trinajstić information content (AvgIpc) is 2.40. The number of rotatable bonds is 8. The van der Waals surface area contributed by atoms with Gasteiger partial charge in [0.25, 0.3) is 5.91 Å². The lowest BCUT2D eigenvalue weighted by atomic mass is 10.1. The number of nitrogens with one attached hydrogen (secondary N) is 2. The SMILES string of the molecule is CCNc1ccc(C)cc1C(=O)NCCCOCC. The lowest BCUT2D eigenvalue weighted by Crippen LogP contribution is -2.26. The minimum absolute atomic E-state index is 0.0313. The van der Waals surface area contributed by atoms with Crippen molar-refractivity contribution < 1.29 is 9.53 Å². The lowest BCUT2D eigenvalue weighted by Gasteiger charge is -2.12. The molecule has 4 nitrogen and oxygen atoms in total. The van der Waals surface area contributed by atoms with Gasteiger partial charge in [-0.05, 0) is 39.3 Å². The average molecular weight is 264 g/mol. The third-order valence-electron chi connectivity index (χ3n) is 2.74. The van der Waals surface area contributed by atoms with Crippen LogP contribution >= 0.6 is 0 Å². The minimum Gasteiger partial charge on any atom is -0.385 e. The maximum Gasteiger partial charge on any atom is 0.253 e. The Hall–Kier alpha value is -1.55. The van der Waals surface area contributed by atoms with Crippen LogP contribution in [0.15, 0.2) is 18.2 Å². The molecule has 0 aliphatic heterocycles. The molecule has 0 aliphatic carbocycles. The molecule has 0 atom stereocenters. The van der Waals surface area contributed by atoms with E-state index in [4.69, 9.17) is 4.74 Å². The summed E-state index contributed by atoms with van der Waals surface area (Å²) in [5, 5.41) is 6.13. The number of hydrogen-bond acceptors (Lipinski definition) is 3. The molecule has 1 amide bonds. The van der Waals surface area contributed by atoms with Gasteiger partial charge in [-0.1, -0.05) is 11.6 Å². The predicted molar refractivity (Wildman–Crippen MR) is 78.8 cm³/mol. The molecule has 19 heavy (non-hydrogen) atoms. The molecule has 0 aromatic heterocycles. The Kier molecular flexibility index (Phi) is 6.97. The first-order chi connectivity index (χ1) is 9.19. The first-order valence-corrected chi connectivity index (χ1v) is 6.89. The highest BCUT2D eigenvalue weighted by molar-refractivity contribution is 5.99. The molecule has 1 aromatic rings. The second-order valence-corrected chi connectivity index (χ2v) is 4.39. The van der Waals surface area contributed by atoms with Gasteiger partial charge in [-0.2, -0.15) is 0 Å². The Labute approximate surface area is 115 Å². The zero-order chi connectivity index (χ0) is 14.1. The minimum atomic E-state index is -0.0313. The molecule has 0 heterocycles. The largest absolute Gasteiger partial charge is 0.385 e. The molecule has 1 aromatic carbocycles. The van der Waals surface area contributed by atoms with Crippen molar-refractivity contribution in [1.82, 2.24) is 5.32 Å². The van der Waals surface area contributed by atoms with Gasteiger partial charge in [0.2, 0.25) is 0 Å². The topological polar surface area (TPSA) is 50.4 Å². The van der Waals surface area contributed by atoms with Crippen LogP contribution in [-0.2, 0) is 4.74 Å². The van der Waals surface area contributed by atoms with E-state index in [0.29, 0.717) is 18.7 Å². The van der Waals surface area contributed by atoms with E-state index in [1.54, 1.807) is 0 Å². The summed E-state index contributed by atoms with van der Waals surface area (Å²) in [6.45, 7) is 8.81. The molecule has 0 saturated carbocycles. The van der Waals surface area contributed by atoms with E-state index in [1.165, 1.54) is 0 Å². The maximum absolute atomic E-state index is 12.1. The van der Waals surface area contributed by atoms with Crippen LogP contribution in [0.1, 0.15) is 36.2 Å². The fourth-order valence-electron chi connectivity index (χ4n) is 1.81. The van der Waals surface area contributed by atoms with E-state index >= 15 is 0 Å². The van der Waals surface area contributed by atoms with Gasteiger partial charge < -0.3 is 15.4 Å². The van der Waals surface area contributed by atoms with Gasteiger partial charge in [0.05, 0.1) is 5.56 Å². The Morgan fingerprint density at radius 2 is 2.11 bits per heavy atom. The molecule has 2 N–H and O–H groups in total. The van der Waals surface area contributed by atoms with Crippen molar-refractivity contribution in [2.45, 2.75) is 27.2 Å². The normalized spacial score (nSPS) is 10.3. The monoisotopic (exact) mass is 264 g/mol. The molecular formula is C15H24N2O2. The molecule has 0 saturated heterocycles. The van der Waals surface area contributed by atoms with Crippen LogP contribution in [0.4, 0.5) is 5.69 Å². The van der Waals surface area contributed by atoms with Crippen molar-refractivity contribution in [3.05, 3.63) is 29.3 Å². The second kappa shape index (κ2) is 8.53. The van der Waals surface area contributed by atoms with Crippen molar-refractivity contribution in [3.63, 3.8) is 0 Å². The van der Waals surface area contributed by atoms with Gasteiger partial charge in [-0.25, -0.2) is 0 Å². The number of ether oxygens (including phenoxy) is 1. The number of anilines is 1. The summed E-state index contributed by atoms with van der Waals surface area (Å²) in [6, 6.07) is 5.87. The quantitative estimate of drug-likeness (QED) is 0.710. The molecule has 0 fully saturated rings. The first kappa shape index (κ1) is 15.5. The molecule has 0 aliphatic rings. The van der Waals surface area contributed by atoms with Crippen LogP contribution in [0.5, 0.6) is 0 Å². The summed E-state index contributed by atoms with van der Waals surface area (Å²) in [7, 11) is 0. The van der Waals surface area contributed by atoms with Gasteiger partial charge in [0, 0.05) is 32.0 Å². The van der Waals surface area contributed by atoms with Crippen LogP contribution in [0.25, 0.3) is 0 Å². The van der Waals surface area contributed by atoms with E-state index in [2.05, 4.69) is 10.6 Å². The van der Waals surface area contributed by atoms with E-state index in [0.717, 1.165) is 30.8 Å². The van der Waals surface area contributed by atoms with Crippen LogP contribution in [0.3, 0.4) is 0 Å². The van der Waals surface area contributed by atoms with Crippen molar-refractivity contribution in [3.8, 4) is 0 Å². The van der Waals surface area contributed by atoms with Crippen LogP contribution in [0, 0.1) is 6.92 Å². The van der Waals surface area contributed by atoms with Gasteiger partial charge in [0.15, 0.2) is 0 Å². The van der Waals surface area contributed by atoms with Gasteiger partial charge >= 0.3 is 0 Å². The molecule has 0 unspecified atom stereocenters. The van der Waals surface area contributed by atoms with E-state index in [9.17, 15) is 4.79 Å². The summed E-state index contributed by atoms with van der Waals surface area (Å²) in [5.41, 5.74) is 2.68. The lowest BCUT2D eigenvalue weighted by molar-refractivity contribution is 0.0945. The predicted octanol–water partition coefficient (Wildman–Crippen LogP) is 2.58.